The van der Waals surface area contributed by atoms with E-state index >= 15 is 0 Å². The first-order chi connectivity index (χ1) is 16.6. The summed E-state index contributed by atoms with van der Waals surface area (Å²) in [7, 11) is 0. The molecule has 0 saturated carbocycles. The molecule has 5 nitrogen and oxygen atoms in total. The molecule has 4 heterocycles. The van der Waals surface area contributed by atoms with Crippen LogP contribution in [0.25, 0.3) is 22.6 Å². The molecule has 5 rings (SSSR count). The lowest BCUT2D eigenvalue weighted by Gasteiger charge is -2.17. The minimum Gasteiger partial charge on any atom is -0.373 e. The van der Waals surface area contributed by atoms with Crippen LogP contribution in [0.2, 0.25) is 0 Å². The van der Waals surface area contributed by atoms with E-state index in [1.165, 1.54) is 11.1 Å². The topological polar surface area (TPSA) is 51.8 Å². The standard InChI is InChI=1S/C28H29BrN4O/c1-19-5-4-17-33-27(26(32-28(19)33)25-7-3-6-20(2)31-25)22-10-13-24(30-16-14-22)21-8-11-23(12-9-21)34-18-15-29/h3-11,17,23H,12-16,18H2,1-2H3. The van der Waals surface area contributed by atoms with Crippen molar-refractivity contribution in [1.29, 1.82) is 0 Å². The highest BCUT2D eigenvalue weighted by Gasteiger charge is 2.21. The predicted molar refractivity (Wildman–Crippen MR) is 143 cm³/mol. The van der Waals surface area contributed by atoms with E-state index in [4.69, 9.17) is 19.7 Å². The molecule has 0 amide bonds. The summed E-state index contributed by atoms with van der Waals surface area (Å²) in [5.41, 5.74) is 9.74. The third-order valence-electron chi connectivity index (χ3n) is 6.31. The van der Waals surface area contributed by atoms with Gasteiger partial charge in [0.1, 0.15) is 11.3 Å². The molecule has 6 heteroatoms. The Kier molecular flexibility index (Phi) is 6.88. The van der Waals surface area contributed by atoms with Gasteiger partial charge in [-0.15, -0.1) is 0 Å². The Morgan fingerprint density at radius 3 is 2.82 bits per heavy atom. The van der Waals surface area contributed by atoms with Crippen LogP contribution in [0.4, 0.5) is 0 Å². The number of hydrogen-bond donors (Lipinski definition) is 0. The van der Waals surface area contributed by atoms with Crippen LogP contribution in [0.5, 0.6) is 0 Å². The molecule has 1 unspecified atom stereocenters. The summed E-state index contributed by atoms with van der Waals surface area (Å²) in [6.07, 6.45) is 13.8. The Balaban J connectivity index is 1.48. The van der Waals surface area contributed by atoms with Crippen LogP contribution in [-0.4, -0.2) is 44.7 Å². The van der Waals surface area contributed by atoms with E-state index in [0.29, 0.717) is 0 Å². The van der Waals surface area contributed by atoms with Gasteiger partial charge in [-0.1, -0.05) is 52.4 Å². The molecule has 3 aromatic rings. The molecule has 1 aliphatic heterocycles. The van der Waals surface area contributed by atoms with E-state index in [1.54, 1.807) is 0 Å². The summed E-state index contributed by atoms with van der Waals surface area (Å²) in [4.78, 5) is 14.8. The number of pyridine rings is 2. The maximum atomic E-state index is 5.83. The largest absolute Gasteiger partial charge is 0.373 e. The number of aromatic nitrogens is 3. The Morgan fingerprint density at radius 2 is 2.03 bits per heavy atom. The summed E-state index contributed by atoms with van der Waals surface area (Å²) in [5, 5.41) is 0.858. The van der Waals surface area contributed by atoms with E-state index in [0.717, 1.165) is 77.4 Å². The van der Waals surface area contributed by atoms with Crippen molar-refractivity contribution in [2.24, 2.45) is 4.99 Å². The minimum atomic E-state index is 0.157. The third-order valence-corrected chi connectivity index (χ3v) is 6.63. The zero-order valence-electron chi connectivity index (χ0n) is 19.7. The summed E-state index contributed by atoms with van der Waals surface area (Å²) in [6, 6.07) is 10.3. The summed E-state index contributed by atoms with van der Waals surface area (Å²) < 4.78 is 8.05. The third kappa shape index (κ3) is 4.70. The highest BCUT2D eigenvalue weighted by atomic mass is 79.9. The Hall–Kier alpha value is -2.83. The van der Waals surface area contributed by atoms with Crippen LogP contribution >= 0.6 is 15.9 Å². The molecule has 0 saturated heterocycles. The van der Waals surface area contributed by atoms with Gasteiger partial charge in [0.05, 0.1) is 24.1 Å². The van der Waals surface area contributed by atoms with Crippen molar-refractivity contribution in [2.75, 3.05) is 18.5 Å². The molecule has 174 valence electrons. The fourth-order valence-corrected chi connectivity index (χ4v) is 4.81. The van der Waals surface area contributed by atoms with E-state index in [-0.39, 0.29) is 6.10 Å². The Bertz CT molecular complexity index is 1330. The van der Waals surface area contributed by atoms with Gasteiger partial charge in [0, 0.05) is 35.9 Å². The zero-order chi connectivity index (χ0) is 23.5. The van der Waals surface area contributed by atoms with E-state index in [2.05, 4.69) is 82.0 Å². The van der Waals surface area contributed by atoms with Crippen LogP contribution in [-0.2, 0) is 4.74 Å². The van der Waals surface area contributed by atoms with Crippen molar-refractivity contribution in [3.05, 3.63) is 83.4 Å². The maximum absolute atomic E-state index is 5.83. The summed E-state index contributed by atoms with van der Waals surface area (Å²) in [6.45, 7) is 5.62. The van der Waals surface area contributed by atoms with Crippen LogP contribution in [0.1, 0.15) is 36.2 Å². The molecule has 2 aliphatic rings. The quantitative estimate of drug-likeness (QED) is 0.361. The number of aryl methyl sites for hydroxylation is 2. The average Bonchev–Trinajstić information content (AvgIpc) is 3.08. The molecular formula is C28H29BrN4O. The molecule has 0 aromatic carbocycles. The van der Waals surface area contributed by atoms with Crippen molar-refractivity contribution in [1.82, 2.24) is 14.4 Å². The zero-order valence-corrected chi connectivity index (χ0v) is 21.3. The lowest BCUT2D eigenvalue weighted by Crippen LogP contribution is -2.15. The lowest BCUT2D eigenvalue weighted by molar-refractivity contribution is 0.100. The van der Waals surface area contributed by atoms with Gasteiger partial charge in [0.2, 0.25) is 0 Å². The second-order valence-electron chi connectivity index (χ2n) is 8.72. The first kappa shape index (κ1) is 22.9. The van der Waals surface area contributed by atoms with E-state index in [1.807, 2.05) is 13.0 Å². The molecular weight excluding hydrogens is 488 g/mol. The normalized spacial score (nSPS) is 18.4. The van der Waals surface area contributed by atoms with Crippen LogP contribution < -0.4 is 0 Å². The van der Waals surface area contributed by atoms with Crippen molar-refractivity contribution >= 4 is 32.9 Å². The maximum Gasteiger partial charge on any atom is 0.140 e. The second-order valence-corrected chi connectivity index (χ2v) is 9.52. The van der Waals surface area contributed by atoms with Crippen LogP contribution in [0.3, 0.4) is 0 Å². The molecule has 1 aliphatic carbocycles. The second kappa shape index (κ2) is 10.2. The number of rotatable bonds is 6. The van der Waals surface area contributed by atoms with Gasteiger partial charge < -0.3 is 4.74 Å². The Morgan fingerprint density at radius 1 is 1.12 bits per heavy atom. The van der Waals surface area contributed by atoms with Gasteiger partial charge >= 0.3 is 0 Å². The highest BCUT2D eigenvalue weighted by Crippen LogP contribution is 2.33. The van der Waals surface area contributed by atoms with Gasteiger partial charge in [-0.05, 0) is 61.6 Å². The number of alkyl halides is 1. The molecule has 0 radical (unpaired) electrons. The molecule has 0 spiro atoms. The smallest absolute Gasteiger partial charge is 0.140 e. The monoisotopic (exact) mass is 516 g/mol. The van der Waals surface area contributed by atoms with Crippen LogP contribution in [0.15, 0.2) is 71.4 Å². The number of fused-ring (bicyclic) bond motifs is 1. The average molecular weight is 517 g/mol. The first-order valence-electron chi connectivity index (χ1n) is 11.8. The molecule has 1 atom stereocenters. The number of nitrogens with zero attached hydrogens (tertiary/aromatic N) is 4. The number of imidazole rings is 1. The molecule has 3 aromatic heterocycles. The van der Waals surface area contributed by atoms with Gasteiger partial charge in [0.15, 0.2) is 0 Å². The Labute approximate surface area is 209 Å². The van der Waals surface area contributed by atoms with Gasteiger partial charge in [0.25, 0.3) is 0 Å². The predicted octanol–water partition coefficient (Wildman–Crippen LogP) is 6.30. The number of aliphatic imine (C=N–C) groups is 1. The number of halogens is 1. The van der Waals surface area contributed by atoms with Crippen molar-refractivity contribution in [3.8, 4) is 11.4 Å². The fraction of sp³-hybridized carbons (Fsp3) is 0.321. The SMILES string of the molecule is Cc1cccc(-c2nc3c(C)cccn3c2C2=CCC(C3=CCC(OCCBr)C=C3)=NCC2)n1. The van der Waals surface area contributed by atoms with Crippen molar-refractivity contribution < 1.29 is 4.74 Å². The summed E-state index contributed by atoms with van der Waals surface area (Å²) >= 11 is 3.42. The molecule has 0 fully saturated rings. The van der Waals surface area contributed by atoms with Crippen molar-refractivity contribution in [2.45, 2.75) is 39.2 Å². The molecule has 0 bridgehead atoms. The summed E-state index contributed by atoms with van der Waals surface area (Å²) in [5.74, 6) is 0. The number of allylic oxidation sites excluding steroid dienone is 3. The van der Waals surface area contributed by atoms with E-state index < -0.39 is 0 Å². The van der Waals surface area contributed by atoms with E-state index in [9.17, 15) is 0 Å². The number of hydrogen-bond acceptors (Lipinski definition) is 4. The van der Waals surface area contributed by atoms with Gasteiger partial charge in [-0.25, -0.2) is 4.98 Å². The molecule has 34 heavy (non-hydrogen) atoms. The highest BCUT2D eigenvalue weighted by molar-refractivity contribution is 9.09. The number of ether oxygens (including phenoxy) is 1. The fourth-order valence-electron chi connectivity index (χ4n) is 4.62. The van der Waals surface area contributed by atoms with Gasteiger partial charge in [-0.3, -0.25) is 14.4 Å². The minimum absolute atomic E-state index is 0.157. The molecule has 0 N–H and O–H groups in total. The van der Waals surface area contributed by atoms with Gasteiger partial charge in [-0.2, -0.15) is 0 Å². The lowest BCUT2D eigenvalue weighted by atomic mass is 9.98. The van der Waals surface area contributed by atoms with Crippen molar-refractivity contribution in [3.63, 3.8) is 0 Å². The van der Waals surface area contributed by atoms with Crippen LogP contribution in [0, 0.1) is 13.8 Å². The first-order valence-corrected chi connectivity index (χ1v) is 13.0.